The summed E-state index contributed by atoms with van der Waals surface area (Å²) in [4.78, 5) is 0. The Morgan fingerprint density at radius 1 is 1.15 bits per heavy atom. The standard InChI is InChI=1S/C23H39NO2/c1-18(2)10-11-23(13-15-26-22(16-23)19(3)4)12-14-24-17-20-6-8-21(25-5)9-7-20/h6-9,18-19,22,24H,10-17H2,1-5H3/p+1/t22-,23-/m1/s1. The highest BCUT2D eigenvalue weighted by Gasteiger charge is 2.37. The predicted molar refractivity (Wildman–Crippen MR) is 108 cm³/mol. The first-order valence-electron chi connectivity index (χ1n) is 10.5. The van der Waals surface area contributed by atoms with Crippen LogP contribution in [0.5, 0.6) is 5.75 Å². The first kappa shape index (κ1) is 21.2. The second-order valence-electron chi connectivity index (χ2n) is 8.92. The summed E-state index contributed by atoms with van der Waals surface area (Å²) in [6, 6.07) is 8.46. The highest BCUT2D eigenvalue weighted by Crippen LogP contribution is 2.43. The number of ether oxygens (including phenoxy) is 2. The number of methoxy groups -OCH3 is 1. The van der Waals surface area contributed by atoms with Crippen LogP contribution in [0.25, 0.3) is 0 Å². The van der Waals surface area contributed by atoms with Crippen molar-refractivity contribution in [2.45, 2.75) is 72.4 Å². The summed E-state index contributed by atoms with van der Waals surface area (Å²) >= 11 is 0. The molecule has 0 spiro atoms. The monoisotopic (exact) mass is 362 g/mol. The number of quaternary nitrogens is 1. The van der Waals surface area contributed by atoms with Crippen molar-refractivity contribution < 1.29 is 14.8 Å². The minimum Gasteiger partial charge on any atom is -0.497 e. The first-order chi connectivity index (χ1) is 12.4. The molecule has 1 saturated heterocycles. The smallest absolute Gasteiger partial charge is 0.118 e. The van der Waals surface area contributed by atoms with E-state index in [1.165, 1.54) is 44.2 Å². The molecule has 3 heteroatoms. The van der Waals surface area contributed by atoms with Crippen molar-refractivity contribution in [2.75, 3.05) is 20.3 Å². The van der Waals surface area contributed by atoms with E-state index < -0.39 is 0 Å². The predicted octanol–water partition coefficient (Wildman–Crippen LogP) is 4.41. The topological polar surface area (TPSA) is 35.1 Å². The van der Waals surface area contributed by atoms with Gasteiger partial charge >= 0.3 is 0 Å². The molecule has 0 aromatic heterocycles. The summed E-state index contributed by atoms with van der Waals surface area (Å²) in [5.74, 6) is 2.34. The fourth-order valence-electron chi connectivity index (χ4n) is 4.06. The lowest BCUT2D eigenvalue weighted by molar-refractivity contribution is -0.672. The zero-order valence-corrected chi connectivity index (χ0v) is 17.6. The van der Waals surface area contributed by atoms with Gasteiger partial charge in [-0.3, -0.25) is 0 Å². The van der Waals surface area contributed by atoms with Crippen molar-refractivity contribution in [1.82, 2.24) is 0 Å². The molecule has 1 heterocycles. The van der Waals surface area contributed by atoms with Crippen molar-refractivity contribution in [3.05, 3.63) is 29.8 Å². The molecule has 148 valence electrons. The fraction of sp³-hybridized carbons (Fsp3) is 0.739. The Balaban J connectivity index is 1.87. The Kier molecular flexibility index (Phi) is 8.43. The lowest BCUT2D eigenvalue weighted by Crippen LogP contribution is -2.83. The average Bonchev–Trinajstić information content (AvgIpc) is 2.64. The maximum absolute atomic E-state index is 6.08. The lowest BCUT2D eigenvalue weighted by Gasteiger charge is -2.42. The third kappa shape index (κ3) is 6.59. The molecule has 2 rings (SSSR count). The van der Waals surface area contributed by atoms with Crippen LogP contribution < -0.4 is 10.1 Å². The molecule has 1 aromatic rings. The zero-order valence-electron chi connectivity index (χ0n) is 17.6. The zero-order chi connectivity index (χ0) is 19.0. The Hall–Kier alpha value is -1.06. The van der Waals surface area contributed by atoms with Gasteiger partial charge in [-0.25, -0.2) is 0 Å². The molecule has 1 fully saturated rings. The molecule has 0 unspecified atom stereocenters. The van der Waals surface area contributed by atoms with E-state index >= 15 is 0 Å². The SMILES string of the molecule is COc1ccc(C[NH2+]CC[C@]2(CCC(C)C)CCO[C@@H](C(C)C)C2)cc1. The normalized spacial score (nSPS) is 23.6. The van der Waals surface area contributed by atoms with Gasteiger partial charge in [-0.05, 0) is 60.8 Å². The summed E-state index contributed by atoms with van der Waals surface area (Å²) in [6.07, 6.45) is 6.92. The van der Waals surface area contributed by atoms with Gasteiger partial charge in [-0.2, -0.15) is 0 Å². The largest absolute Gasteiger partial charge is 0.497 e. The van der Waals surface area contributed by atoms with E-state index in [0.29, 0.717) is 17.4 Å². The molecule has 1 aliphatic rings. The minimum absolute atomic E-state index is 0.442. The van der Waals surface area contributed by atoms with Crippen LogP contribution >= 0.6 is 0 Å². The van der Waals surface area contributed by atoms with Crippen molar-refractivity contribution in [3.8, 4) is 5.75 Å². The van der Waals surface area contributed by atoms with E-state index in [2.05, 4.69) is 57.3 Å². The highest BCUT2D eigenvalue weighted by atomic mass is 16.5. The molecule has 0 saturated carbocycles. The molecular weight excluding hydrogens is 322 g/mol. The van der Waals surface area contributed by atoms with Gasteiger partial charge in [0.1, 0.15) is 12.3 Å². The van der Waals surface area contributed by atoms with Crippen LogP contribution in [0, 0.1) is 17.3 Å². The van der Waals surface area contributed by atoms with Gasteiger partial charge in [0.2, 0.25) is 0 Å². The average molecular weight is 363 g/mol. The molecule has 26 heavy (non-hydrogen) atoms. The first-order valence-corrected chi connectivity index (χ1v) is 10.5. The summed E-state index contributed by atoms with van der Waals surface area (Å²) in [7, 11) is 1.72. The summed E-state index contributed by atoms with van der Waals surface area (Å²) in [5.41, 5.74) is 1.85. The Morgan fingerprint density at radius 3 is 2.50 bits per heavy atom. The maximum Gasteiger partial charge on any atom is 0.118 e. The number of benzene rings is 1. The van der Waals surface area contributed by atoms with Crippen LogP contribution in [0.1, 0.15) is 65.4 Å². The second kappa shape index (κ2) is 10.3. The number of rotatable bonds is 10. The van der Waals surface area contributed by atoms with E-state index in [1.807, 2.05) is 0 Å². The Morgan fingerprint density at radius 2 is 1.88 bits per heavy atom. The molecule has 0 amide bonds. The molecule has 0 aliphatic carbocycles. The van der Waals surface area contributed by atoms with Gasteiger partial charge < -0.3 is 14.8 Å². The molecule has 1 aromatic carbocycles. The second-order valence-corrected chi connectivity index (χ2v) is 8.92. The van der Waals surface area contributed by atoms with E-state index in [4.69, 9.17) is 9.47 Å². The van der Waals surface area contributed by atoms with Gasteiger partial charge in [-0.15, -0.1) is 0 Å². The van der Waals surface area contributed by atoms with Crippen molar-refractivity contribution in [1.29, 1.82) is 0 Å². The number of hydrogen-bond acceptors (Lipinski definition) is 2. The van der Waals surface area contributed by atoms with E-state index in [9.17, 15) is 0 Å². The maximum atomic E-state index is 6.08. The molecule has 2 N–H and O–H groups in total. The summed E-state index contributed by atoms with van der Waals surface area (Å²) in [6.45, 7) is 12.5. The Labute approximate surface area is 160 Å². The molecule has 0 bridgehead atoms. The van der Waals surface area contributed by atoms with Gasteiger partial charge in [0, 0.05) is 18.6 Å². The molecule has 3 nitrogen and oxygen atoms in total. The van der Waals surface area contributed by atoms with Crippen LogP contribution in [0.2, 0.25) is 0 Å². The molecular formula is C23H40NO2+. The third-order valence-corrected chi connectivity index (χ3v) is 6.01. The molecule has 1 aliphatic heterocycles. The number of nitrogens with two attached hydrogens (primary N) is 1. The van der Waals surface area contributed by atoms with E-state index in [1.54, 1.807) is 7.11 Å². The van der Waals surface area contributed by atoms with Crippen molar-refractivity contribution in [3.63, 3.8) is 0 Å². The summed E-state index contributed by atoms with van der Waals surface area (Å²) < 4.78 is 11.3. The quantitative estimate of drug-likeness (QED) is 0.626. The van der Waals surface area contributed by atoms with Gasteiger partial charge in [-0.1, -0.05) is 34.1 Å². The summed E-state index contributed by atoms with van der Waals surface area (Å²) in [5, 5.41) is 2.47. The molecule has 2 atom stereocenters. The minimum atomic E-state index is 0.442. The van der Waals surface area contributed by atoms with E-state index in [-0.39, 0.29) is 0 Å². The van der Waals surface area contributed by atoms with Crippen LogP contribution in [0.4, 0.5) is 0 Å². The highest BCUT2D eigenvalue weighted by molar-refractivity contribution is 5.26. The van der Waals surface area contributed by atoms with Gasteiger partial charge in [0.25, 0.3) is 0 Å². The van der Waals surface area contributed by atoms with Crippen molar-refractivity contribution in [2.24, 2.45) is 17.3 Å². The van der Waals surface area contributed by atoms with Crippen molar-refractivity contribution >= 4 is 0 Å². The van der Waals surface area contributed by atoms with Gasteiger partial charge in [0.05, 0.1) is 19.8 Å². The van der Waals surface area contributed by atoms with Crippen LogP contribution in [-0.2, 0) is 11.3 Å². The lowest BCUT2D eigenvalue weighted by atomic mass is 9.69. The van der Waals surface area contributed by atoms with Gasteiger partial charge in [0.15, 0.2) is 0 Å². The number of hydrogen-bond donors (Lipinski definition) is 1. The van der Waals surface area contributed by atoms with Crippen LogP contribution in [-0.4, -0.2) is 26.4 Å². The van der Waals surface area contributed by atoms with Crippen LogP contribution in [0.15, 0.2) is 24.3 Å². The van der Waals surface area contributed by atoms with E-state index in [0.717, 1.165) is 24.8 Å². The Bertz CT molecular complexity index is 511. The third-order valence-electron chi connectivity index (χ3n) is 6.01. The van der Waals surface area contributed by atoms with Crippen LogP contribution in [0.3, 0.4) is 0 Å². The molecule has 0 radical (unpaired) electrons. The fourth-order valence-corrected chi connectivity index (χ4v) is 4.06.